The second-order valence-electron chi connectivity index (χ2n) is 4.26. The highest BCUT2D eigenvalue weighted by Crippen LogP contribution is 2.29. The van der Waals surface area contributed by atoms with E-state index >= 15 is 0 Å². The zero-order valence-corrected chi connectivity index (χ0v) is 11.3. The molecule has 0 bridgehead atoms. The molecule has 0 amide bonds. The first-order chi connectivity index (χ1) is 7.13. The molecular formula is C10H20O5S. The minimum atomic E-state index is -3.55. The summed E-state index contributed by atoms with van der Waals surface area (Å²) in [6, 6.07) is 0. The highest BCUT2D eigenvalue weighted by molar-refractivity contribution is 7.85. The molecule has 0 aromatic carbocycles. The highest BCUT2D eigenvalue weighted by atomic mass is 32.2. The monoisotopic (exact) mass is 252 g/mol. The van der Waals surface area contributed by atoms with Gasteiger partial charge in [-0.05, 0) is 19.8 Å². The number of hydrogen-bond donors (Lipinski definition) is 0. The van der Waals surface area contributed by atoms with Gasteiger partial charge in [0.15, 0.2) is 0 Å². The van der Waals surface area contributed by atoms with Crippen molar-refractivity contribution < 1.29 is 22.1 Å². The van der Waals surface area contributed by atoms with Crippen molar-refractivity contribution in [2.45, 2.75) is 27.7 Å². The Bertz CT molecular complexity index is 333. The van der Waals surface area contributed by atoms with Crippen molar-refractivity contribution >= 4 is 16.1 Å². The predicted octanol–water partition coefficient (Wildman–Crippen LogP) is 1.19. The van der Waals surface area contributed by atoms with Gasteiger partial charge in [-0.3, -0.25) is 8.98 Å². The van der Waals surface area contributed by atoms with Gasteiger partial charge in [-0.1, -0.05) is 13.8 Å². The van der Waals surface area contributed by atoms with Crippen LogP contribution in [0.4, 0.5) is 0 Å². The van der Waals surface area contributed by atoms with E-state index in [1.54, 1.807) is 13.8 Å². The van der Waals surface area contributed by atoms with Gasteiger partial charge in [0.25, 0.3) is 10.1 Å². The Kier molecular flexibility index (Phi) is 5.41. The van der Waals surface area contributed by atoms with Crippen LogP contribution in [0, 0.1) is 11.3 Å². The third-order valence-electron chi connectivity index (χ3n) is 2.59. The van der Waals surface area contributed by atoms with E-state index in [4.69, 9.17) is 8.92 Å². The molecule has 0 aromatic rings. The minimum absolute atomic E-state index is 0.0756. The van der Waals surface area contributed by atoms with Crippen molar-refractivity contribution in [2.24, 2.45) is 11.3 Å². The molecule has 96 valence electrons. The Hall–Kier alpha value is -0.620. The summed E-state index contributed by atoms with van der Waals surface area (Å²) >= 11 is 0. The van der Waals surface area contributed by atoms with Crippen LogP contribution >= 0.6 is 0 Å². The second-order valence-corrected chi connectivity index (χ2v) is 5.90. The quantitative estimate of drug-likeness (QED) is 0.524. The number of hydrogen-bond acceptors (Lipinski definition) is 5. The molecule has 0 aliphatic rings. The fraction of sp³-hybridized carbons (Fsp3) is 0.900. The van der Waals surface area contributed by atoms with Crippen molar-refractivity contribution in [1.29, 1.82) is 0 Å². The molecule has 6 heteroatoms. The van der Waals surface area contributed by atoms with Crippen LogP contribution in [0.15, 0.2) is 0 Å². The van der Waals surface area contributed by atoms with Gasteiger partial charge in [0.1, 0.15) is 0 Å². The van der Waals surface area contributed by atoms with E-state index in [0.717, 1.165) is 6.26 Å². The zero-order valence-electron chi connectivity index (χ0n) is 10.4. The molecule has 0 heterocycles. The van der Waals surface area contributed by atoms with Crippen LogP contribution in [0.2, 0.25) is 0 Å². The summed E-state index contributed by atoms with van der Waals surface area (Å²) in [6.45, 7) is 7.06. The SMILES string of the molecule is CCOC(=O)C(C)(COS(C)(=O)=O)C(C)C. The van der Waals surface area contributed by atoms with Gasteiger partial charge in [-0.2, -0.15) is 8.42 Å². The molecule has 0 aliphatic carbocycles. The number of carbonyl (C=O) groups excluding carboxylic acids is 1. The predicted molar refractivity (Wildman–Crippen MR) is 60.4 cm³/mol. The average molecular weight is 252 g/mol. The van der Waals surface area contributed by atoms with E-state index in [9.17, 15) is 13.2 Å². The second kappa shape index (κ2) is 5.63. The van der Waals surface area contributed by atoms with E-state index < -0.39 is 21.5 Å². The smallest absolute Gasteiger partial charge is 0.314 e. The minimum Gasteiger partial charge on any atom is -0.465 e. The van der Waals surface area contributed by atoms with Crippen molar-refractivity contribution in [2.75, 3.05) is 19.5 Å². The summed E-state index contributed by atoms with van der Waals surface area (Å²) in [4.78, 5) is 11.7. The Morgan fingerprint density at radius 2 is 1.88 bits per heavy atom. The Labute approximate surface area is 97.2 Å². The molecule has 0 fully saturated rings. The van der Waals surface area contributed by atoms with Crippen LogP contribution in [-0.4, -0.2) is 33.9 Å². The molecule has 0 saturated heterocycles. The van der Waals surface area contributed by atoms with E-state index in [1.807, 2.05) is 13.8 Å². The number of carbonyl (C=O) groups is 1. The van der Waals surface area contributed by atoms with E-state index in [1.165, 1.54) is 0 Å². The molecule has 0 rings (SSSR count). The topological polar surface area (TPSA) is 69.7 Å². The molecule has 0 radical (unpaired) electrons. The van der Waals surface area contributed by atoms with Crippen LogP contribution in [-0.2, 0) is 23.8 Å². The molecule has 5 nitrogen and oxygen atoms in total. The van der Waals surface area contributed by atoms with Crippen molar-refractivity contribution in [3.8, 4) is 0 Å². The lowest BCUT2D eigenvalue weighted by Gasteiger charge is -2.30. The third kappa shape index (κ3) is 4.49. The summed E-state index contributed by atoms with van der Waals surface area (Å²) in [5, 5.41) is 0. The molecule has 0 spiro atoms. The lowest BCUT2D eigenvalue weighted by atomic mass is 9.80. The molecule has 0 aromatic heterocycles. The van der Waals surface area contributed by atoms with Crippen LogP contribution < -0.4 is 0 Å². The summed E-state index contributed by atoms with van der Waals surface area (Å²) in [7, 11) is -3.55. The van der Waals surface area contributed by atoms with Crippen LogP contribution in [0.3, 0.4) is 0 Å². The first-order valence-corrected chi connectivity index (χ1v) is 6.96. The number of ether oxygens (including phenoxy) is 1. The van der Waals surface area contributed by atoms with Gasteiger partial charge in [0.05, 0.1) is 24.9 Å². The first-order valence-electron chi connectivity index (χ1n) is 5.15. The maximum Gasteiger partial charge on any atom is 0.314 e. The standard InChI is InChI=1S/C10H20O5S/c1-6-14-9(11)10(4,8(2)3)7-15-16(5,12)13/h8H,6-7H2,1-5H3. The summed E-state index contributed by atoms with van der Waals surface area (Å²) in [6.07, 6.45) is 0.957. The van der Waals surface area contributed by atoms with Crippen LogP contribution in [0.1, 0.15) is 27.7 Å². The van der Waals surface area contributed by atoms with E-state index in [-0.39, 0.29) is 19.1 Å². The van der Waals surface area contributed by atoms with Crippen molar-refractivity contribution in [3.63, 3.8) is 0 Å². The lowest BCUT2D eigenvalue weighted by molar-refractivity contribution is -0.159. The molecular weight excluding hydrogens is 232 g/mol. The molecule has 1 unspecified atom stereocenters. The molecule has 1 atom stereocenters. The lowest BCUT2D eigenvalue weighted by Crippen LogP contribution is -2.40. The molecule has 0 N–H and O–H groups in total. The fourth-order valence-corrected chi connectivity index (χ4v) is 1.45. The zero-order chi connectivity index (χ0) is 13.0. The number of esters is 1. The molecule has 16 heavy (non-hydrogen) atoms. The Morgan fingerprint density at radius 1 is 1.38 bits per heavy atom. The Balaban J connectivity index is 4.77. The Morgan fingerprint density at radius 3 is 2.19 bits per heavy atom. The van der Waals surface area contributed by atoms with Gasteiger partial charge in [0.2, 0.25) is 0 Å². The van der Waals surface area contributed by atoms with Crippen molar-refractivity contribution in [1.82, 2.24) is 0 Å². The van der Waals surface area contributed by atoms with Crippen LogP contribution in [0.25, 0.3) is 0 Å². The first kappa shape index (κ1) is 15.4. The summed E-state index contributed by atoms with van der Waals surface area (Å²) in [5.74, 6) is -0.512. The summed E-state index contributed by atoms with van der Waals surface area (Å²) < 4.78 is 31.4. The largest absolute Gasteiger partial charge is 0.465 e. The van der Waals surface area contributed by atoms with Gasteiger partial charge in [-0.25, -0.2) is 0 Å². The van der Waals surface area contributed by atoms with Crippen LogP contribution in [0.5, 0.6) is 0 Å². The van der Waals surface area contributed by atoms with E-state index in [2.05, 4.69) is 0 Å². The number of rotatable bonds is 6. The summed E-state index contributed by atoms with van der Waals surface area (Å²) in [5.41, 5.74) is -0.945. The highest BCUT2D eigenvalue weighted by Gasteiger charge is 2.39. The average Bonchev–Trinajstić information content (AvgIpc) is 2.13. The van der Waals surface area contributed by atoms with E-state index in [0.29, 0.717) is 0 Å². The molecule has 0 aliphatic heterocycles. The third-order valence-corrected chi connectivity index (χ3v) is 3.13. The normalized spacial score (nSPS) is 15.9. The van der Waals surface area contributed by atoms with Crippen molar-refractivity contribution in [3.05, 3.63) is 0 Å². The van der Waals surface area contributed by atoms with Gasteiger partial charge in [0, 0.05) is 0 Å². The maximum absolute atomic E-state index is 11.7. The maximum atomic E-state index is 11.7. The van der Waals surface area contributed by atoms with Gasteiger partial charge < -0.3 is 4.74 Å². The fourth-order valence-electron chi connectivity index (χ4n) is 0.987. The molecule has 0 saturated carbocycles. The van der Waals surface area contributed by atoms with Gasteiger partial charge >= 0.3 is 5.97 Å². The van der Waals surface area contributed by atoms with Gasteiger partial charge in [-0.15, -0.1) is 0 Å².